The van der Waals surface area contributed by atoms with Gasteiger partial charge in [0.15, 0.2) is 0 Å². The van der Waals surface area contributed by atoms with Crippen molar-refractivity contribution in [1.82, 2.24) is 9.88 Å². The van der Waals surface area contributed by atoms with Gasteiger partial charge in [-0.2, -0.15) is 0 Å². The summed E-state index contributed by atoms with van der Waals surface area (Å²) >= 11 is 0. The maximum absolute atomic E-state index is 12.2. The molecule has 0 aliphatic rings. The molecule has 0 bridgehead atoms. The molecule has 0 unspecified atom stereocenters. The van der Waals surface area contributed by atoms with Crippen molar-refractivity contribution in [3.05, 3.63) is 28.1 Å². The third-order valence-electron chi connectivity index (χ3n) is 3.15. The predicted molar refractivity (Wildman–Crippen MR) is 74.6 cm³/mol. The van der Waals surface area contributed by atoms with Crippen LogP contribution in [0.1, 0.15) is 44.2 Å². The fourth-order valence-corrected chi connectivity index (χ4v) is 1.84. The molecule has 1 rings (SSSR count). The number of carbonyl (C=O) groups is 1. The van der Waals surface area contributed by atoms with Crippen molar-refractivity contribution in [2.24, 2.45) is 5.92 Å². The van der Waals surface area contributed by atoms with Gasteiger partial charge in [-0.3, -0.25) is 14.9 Å². The first-order chi connectivity index (χ1) is 9.27. The molecule has 0 fully saturated rings. The van der Waals surface area contributed by atoms with Gasteiger partial charge in [-0.05, 0) is 19.8 Å². The highest BCUT2D eigenvalue weighted by molar-refractivity contribution is 5.93. The lowest BCUT2D eigenvalue weighted by Crippen LogP contribution is -2.41. The number of aromatic nitrogens is 1. The van der Waals surface area contributed by atoms with E-state index in [0.717, 1.165) is 0 Å². The molecule has 1 atom stereocenters. The second-order valence-electron chi connectivity index (χ2n) is 5.35. The highest BCUT2D eigenvalue weighted by Gasteiger charge is 2.23. The Bertz CT molecular complexity index is 494. The Morgan fingerprint density at radius 3 is 2.45 bits per heavy atom. The van der Waals surface area contributed by atoms with Crippen LogP contribution in [0, 0.1) is 16.0 Å². The van der Waals surface area contributed by atoms with Gasteiger partial charge in [0.1, 0.15) is 5.69 Å². The summed E-state index contributed by atoms with van der Waals surface area (Å²) in [6, 6.07) is 0.803. The minimum absolute atomic E-state index is 0.0707. The van der Waals surface area contributed by atoms with Crippen molar-refractivity contribution in [3.8, 4) is 0 Å². The molecular formula is C13H21N3O4. The van der Waals surface area contributed by atoms with Crippen LogP contribution in [0.3, 0.4) is 0 Å². The van der Waals surface area contributed by atoms with Crippen LogP contribution in [0.15, 0.2) is 12.3 Å². The summed E-state index contributed by atoms with van der Waals surface area (Å²) in [5, 5.41) is 22.8. The van der Waals surface area contributed by atoms with E-state index in [1.54, 1.807) is 4.57 Å². The van der Waals surface area contributed by atoms with Crippen LogP contribution in [-0.4, -0.2) is 33.2 Å². The van der Waals surface area contributed by atoms with Crippen LogP contribution >= 0.6 is 0 Å². The minimum atomic E-state index is -0.526. The molecule has 0 radical (unpaired) electrons. The van der Waals surface area contributed by atoms with E-state index < -0.39 is 10.8 Å². The maximum Gasteiger partial charge on any atom is 0.287 e. The van der Waals surface area contributed by atoms with Crippen LogP contribution in [0.5, 0.6) is 0 Å². The van der Waals surface area contributed by atoms with Crippen molar-refractivity contribution in [3.63, 3.8) is 0 Å². The summed E-state index contributed by atoms with van der Waals surface area (Å²) in [4.78, 5) is 22.5. The van der Waals surface area contributed by atoms with Crippen LogP contribution in [-0.2, 0) is 0 Å². The third-order valence-corrected chi connectivity index (χ3v) is 3.15. The Morgan fingerprint density at radius 2 is 2.05 bits per heavy atom. The molecule has 112 valence electrons. The van der Waals surface area contributed by atoms with Gasteiger partial charge >= 0.3 is 0 Å². The van der Waals surface area contributed by atoms with E-state index >= 15 is 0 Å². The van der Waals surface area contributed by atoms with Crippen molar-refractivity contribution >= 4 is 11.6 Å². The third kappa shape index (κ3) is 3.57. The summed E-state index contributed by atoms with van der Waals surface area (Å²) in [6.45, 7) is 7.27. The van der Waals surface area contributed by atoms with Gasteiger partial charge < -0.3 is 15.0 Å². The highest BCUT2D eigenvalue weighted by atomic mass is 16.6. The average Bonchev–Trinajstić information content (AvgIpc) is 2.80. The van der Waals surface area contributed by atoms with Gasteiger partial charge in [-0.25, -0.2) is 0 Å². The standard InChI is InChI=1S/C13H21N3O4/c1-8(2)11(7-17)14-13(18)12-5-10(16(19)20)6-15(12)9(3)4/h5-6,8-9,11,17H,7H2,1-4H3,(H,14,18)/t11-/m1/s1. The van der Waals surface area contributed by atoms with Crippen molar-refractivity contribution < 1.29 is 14.8 Å². The lowest BCUT2D eigenvalue weighted by atomic mass is 10.1. The molecule has 2 N–H and O–H groups in total. The minimum Gasteiger partial charge on any atom is -0.394 e. The van der Waals surface area contributed by atoms with Gasteiger partial charge in [-0.1, -0.05) is 13.8 Å². The number of hydrogen-bond acceptors (Lipinski definition) is 4. The molecule has 1 amide bonds. The van der Waals surface area contributed by atoms with E-state index in [0.29, 0.717) is 0 Å². The largest absolute Gasteiger partial charge is 0.394 e. The van der Waals surface area contributed by atoms with Crippen molar-refractivity contribution in [1.29, 1.82) is 0 Å². The topological polar surface area (TPSA) is 97.4 Å². The first-order valence-electron chi connectivity index (χ1n) is 6.55. The Labute approximate surface area is 117 Å². The van der Waals surface area contributed by atoms with Gasteiger partial charge in [0, 0.05) is 12.1 Å². The number of carbonyl (C=O) groups excluding carboxylic acids is 1. The Kier molecular flexibility index (Phi) is 5.26. The summed E-state index contributed by atoms with van der Waals surface area (Å²) in [6.07, 6.45) is 1.35. The monoisotopic (exact) mass is 283 g/mol. The number of aliphatic hydroxyl groups is 1. The zero-order valence-corrected chi connectivity index (χ0v) is 12.2. The Hall–Kier alpha value is -1.89. The van der Waals surface area contributed by atoms with Gasteiger partial charge in [0.2, 0.25) is 0 Å². The molecule has 7 nitrogen and oxygen atoms in total. The molecule has 0 aliphatic carbocycles. The Balaban J connectivity index is 3.05. The van der Waals surface area contributed by atoms with E-state index in [-0.39, 0.29) is 36.0 Å². The number of rotatable bonds is 6. The van der Waals surface area contributed by atoms with Crippen molar-refractivity contribution in [2.75, 3.05) is 6.61 Å². The van der Waals surface area contributed by atoms with Gasteiger partial charge in [0.25, 0.3) is 11.6 Å². The van der Waals surface area contributed by atoms with Crippen LogP contribution < -0.4 is 5.32 Å². The number of nitrogens with one attached hydrogen (secondary N) is 1. The zero-order valence-electron chi connectivity index (χ0n) is 12.2. The number of nitrogens with zero attached hydrogens (tertiary/aromatic N) is 2. The molecule has 0 aromatic carbocycles. The van der Waals surface area contributed by atoms with E-state index in [9.17, 15) is 20.0 Å². The average molecular weight is 283 g/mol. The first-order valence-corrected chi connectivity index (χ1v) is 6.55. The van der Waals surface area contributed by atoms with Crippen LogP contribution in [0.4, 0.5) is 5.69 Å². The number of aliphatic hydroxyl groups excluding tert-OH is 1. The fraction of sp³-hybridized carbons (Fsp3) is 0.615. The Morgan fingerprint density at radius 1 is 1.45 bits per heavy atom. The van der Waals surface area contributed by atoms with E-state index in [2.05, 4.69) is 5.32 Å². The molecule has 0 saturated carbocycles. The van der Waals surface area contributed by atoms with E-state index in [1.807, 2.05) is 27.7 Å². The molecular weight excluding hydrogens is 262 g/mol. The van der Waals surface area contributed by atoms with Crippen molar-refractivity contribution in [2.45, 2.75) is 39.8 Å². The molecule has 0 saturated heterocycles. The second kappa shape index (κ2) is 6.51. The number of hydrogen-bond donors (Lipinski definition) is 2. The van der Waals surface area contributed by atoms with E-state index in [1.165, 1.54) is 12.3 Å². The molecule has 1 aromatic rings. The molecule has 1 heterocycles. The second-order valence-corrected chi connectivity index (χ2v) is 5.35. The van der Waals surface area contributed by atoms with E-state index in [4.69, 9.17) is 0 Å². The summed E-state index contributed by atoms with van der Waals surface area (Å²) in [7, 11) is 0. The lowest BCUT2D eigenvalue weighted by molar-refractivity contribution is -0.384. The lowest BCUT2D eigenvalue weighted by Gasteiger charge is -2.20. The highest BCUT2D eigenvalue weighted by Crippen LogP contribution is 2.21. The van der Waals surface area contributed by atoms with Crippen LogP contribution in [0.2, 0.25) is 0 Å². The summed E-state index contributed by atoms with van der Waals surface area (Å²) in [5.41, 5.74) is 0.111. The zero-order chi connectivity index (χ0) is 15.4. The van der Waals surface area contributed by atoms with Crippen LogP contribution in [0.25, 0.3) is 0 Å². The number of amides is 1. The summed E-state index contributed by atoms with van der Waals surface area (Å²) in [5.74, 6) is -0.346. The molecule has 1 aromatic heterocycles. The smallest absolute Gasteiger partial charge is 0.287 e. The molecule has 0 spiro atoms. The molecule has 7 heteroatoms. The first kappa shape index (κ1) is 16.2. The SMILES string of the molecule is CC(C)[C@@H](CO)NC(=O)c1cc([N+](=O)[O-])cn1C(C)C. The normalized spacial score (nSPS) is 12.8. The quantitative estimate of drug-likeness (QED) is 0.613. The molecule has 0 aliphatic heterocycles. The predicted octanol–water partition coefficient (Wildman–Crippen LogP) is 1.72. The molecule has 20 heavy (non-hydrogen) atoms. The fourth-order valence-electron chi connectivity index (χ4n) is 1.84. The number of nitro groups is 1. The van der Waals surface area contributed by atoms with Gasteiger partial charge in [0.05, 0.1) is 23.8 Å². The van der Waals surface area contributed by atoms with Gasteiger partial charge in [-0.15, -0.1) is 0 Å². The summed E-state index contributed by atoms with van der Waals surface area (Å²) < 4.78 is 1.56. The maximum atomic E-state index is 12.2.